The maximum Gasteiger partial charge on any atom is 0.129 e. The highest BCUT2D eigenvalue weighted by Gasteiger charge is 2.22. The highest BCUT2D eigenvalue weighted by Crippen LogP contribution is 2.23. The van der Waals surface area contributed by atoms with E-state index in [0.717, 1.165) is 35.5 Å². The Morgan fingerprint density at radius 3 is 2.90 bits per heavy atom. The summed E-state index contributed by atoms with van der Waals surface area (Å²) < 4.78 is 0. The fraction of sp³-hybridized carbons (Fsp3) is 0.438. The number of piperidine rings is 1. The van der Waals surface area contributed by atoms with E-state index in [0.29, 0.717) is 6.04 Å². The van der Waals surface area contributed by atoms with Gasteiger partial charge in [-0.15, -0.1) is 0 Å². The molecule has 2 aromatic rings. The lowest BCUT2D eigenvalue weighted by Crippen LogP contribution is -2.45. The summed E-state index contributed by atoms with van der Waals surface area (Å²) in [5, 5.41) is 1.11. The molecule has 4 nitrogen and oxygen atoms in total. The number of fused-ring (bicyclic) bond motifs is 1. The predicted molar refractivity (Wildman–Crippen MR) is 85.1 cm³/mol. The first-order valence-corrected chi connectivity index (χ1v) is 7.21. The molecule has 1 aromatic heterocycles. The monoisotopic (exact) mass is 270 g/mol. The number of hydrogen-bond acceptors (Lipinski definition) is 4. The Bertz CT molecular complexity index is 608. The van der Waals surface area contributed by atoms with Gasteiger partial charge in [-0.25, -0.2) is 4.98 Å². The van der Waals surface area contributed by atoms with Gasteiger partial charge in [-0.1, -0.05) is 0 Å². The third-order valence-electron chi connectivity index (χ3n) is 4.15. The molecule has 20 heavy (non-hydrogen) atoms. The smallest absolute Gasteiger partial charge is 0.129 e. The largest absolute Gasteiger partial charge is 0.399 e. The summed E-state index contributed by atoms with van der Waals surface area (Å²) in [6, 6.07) is 10.7. The summed E-state index contributed by atoms with van der Waals surface area (Å²) >= 11 is 0. The first-order chi connectivity index (χ1) is 9.63. The second kappa shape index (κ2) is 5.29. The van der Waals surface area contributed by atoms with Crippen LogP contribution in [0.5, 0.6) is 0 Å². The number of hydrogen-bond donors (Lipinski definition) is 1. The first kappa shape index (κ1) is 13.2. The molecule has 1 aromatic carbocycles. The van der Waals surface area contributed by atoms with Gasteiger partial charge < -0.3 is 15.5 Å². The van der Waals surface area contributed by atoms with Gasteiger partial charge in [-0.05, 0) is 57.3 Å². The third kappa shape index (κ3) is 2.56. The number of pyridine rings is 1. The molecule has 106 valence electrons. The van der Waals surface area contributed by atoms with Gasteiger partial charge in [-0.3, -0.25) is 0 Å². The number of anilines is 2. The number of nitrogens with two attached hydrogens (primary N) is 1. The van der Waals surface area contributed by atoms with Crippen molar-refractivity contribution in [1.29, 1.82) is 0 Å². The van der Waals surface area contributed by atoms with Crippen molar-refractivity contribution in [2.45, 2.75) is 18.9 Å². The SMILES string of the molecule is CN(C)C1CCCN(c2ccc3cc(N)ccc3n2)C1. The summed E-state index contributed by atoms with van der Waals surface area (Å²) in [5.41, 5.74) is 7.62. The third-order valence-corrected chi connectivity index (χ3v) is 4.15. The van der Waals surface area contributed by atoms with E-state index in [1.54, 1.807) is 0 Å². The lowest BCUT2D eigenvalue weighted by atomic mass is 10.0. The maximum absolute atomic E-state index is 5.81. The second-order valence-electron chi connectivity index (χ2n) is 5.83. The Morgan fingerprint density at radius 2 is 2.10 bits per heavy atom. The summed E-state index contributed by atoms with van der Waals surface area (Å²) in [6.07, 6.45) is 2.50. The molecule has 0 aliphatic carbocycles. The van der Waals surface area contributed by atoms with E-state index < -0.39 is 0 Å². The molecule has 0 radical (unpaired) electrons. The quantitative estimate of drug-likeness (QED) is 0.851. The van der Waals surface area contributed by atoms with Crippen molar-refractivity contribution in [2.24, 2.45) is 0 Å². The fourth-order valence-electron chi connectivity index (χ4n) is 2.89. The van der Waals surface area contributed by atoms with E-state index >= 15 is 0 Å². The predicted octanol–water partition coefficient (Wildman–Crippen LogP) is 2.35. The van der Waals surface area contributed by atoms with E-state index in [1.807, 2.05) is 18.2 Å². The van der Waals surface area contributed by atoms with Crippen LogP contribution >= 0.6 is 0 Å². The zero-order valence-corrected chi connectivity index (χ0v) is 12.2. The fourth-order valence-corrected chi connectivity index (χ4v) is 2.89. The molecule has 0 saturated carbocycles. The Morgan fingerprint density at radius 1 is 1.25 bits per heavy atom. The first-order valence-electron chi connectivity index (χ1n) is 7.21. The minimum absolute atomic E-state index is 0.618. The van der Waals surface area contributed by atoms with Crippen molar-refractivity contribution < 1.29 is 0 Å². The van der Waals surface area contributed by atoms with Gasteiger partial charge in [0.2, 0.25) is 0 Å². The van der Waals surface area contributed by atoms with Gasteiger partial charge in [0.15, 0.2) is 0 Å². The number of nitrogen functional groups attached to an aromatic ring is 1. The lowest BCUT2D eigenvalue weighted by molar-refractivity contribution is 0.257. The maximum atomic E-state index is 5.81. The summed E-state index contributed by atoms with van der Waals surface area (Å²) in [6.45, 7) is 2.15. The average Bonchev–Trinajstić information content (AvgIpc) is 2.47. The highest BCUT2D eigenvalue weighted by molar-refractivity contribution is 5.83. The van der Waals surface area contributed by atoms with E-state index in [4.69, 9.17) is 10.7 Å². The molecule has 0 spiro atoms. The molecule has 0 amide bonds. The van der Waals surface area contributed by atoms with Gasteiger partial charge in [0.05, 0.1) is 5.52 Å². The van der Waals surface area contributed by atoms with Gasteiger partial charge in [0.1, 0.15) is 5.82 Å². The number of rotatable bonds is 2. The normalized spacial score (nSPS) is 19.8. The molecular formula is C16H22N4. The van der Waals surface area contributed by atoms with Gasteiger partial charge in [0, 0.05) is 30.2 Å². The van der Waals surface area contributed by atoms with Crippen LogP contribution in [0.1, 0.15) is 12.8 Å². The van der Waals surface area contributed by atoms with Crippen molar-refractivity contribution in [1.82, 2.24) is 9.88 Å². The van der Waals surface area contributed by atoms with Crippen LogP contribution in [0.3, 0.4) is 0 Å². The Hall–Kier alpha value is -1.81. The zero-order chi connectivity index (χ0) is 14.1. The van der Waals surface area contributed by atoms with Crippen molar-refractivity contribution in [2.75, 3.05) is 37.8 Å². The minimum atomic E-state index is 0.618. The molecule has 2 N–H and O–H groups in total. The second-order valence-corrected chi connectivity index (χ2v) is 5.83. The van der Waals surface area contributed by atoms with Crippen LogP contribution in [0.2, 0.25) is 0 Å². The molecule has 1 aliphatic rings. The Balaban J connectivity index is 1.88. The summed E-state index contributed by atoms with van der Waals surface area (Å²) in [4.78, 5) is 9.49. The molecule has 0 bridgehead atoms. The van der Waals surface area contributed by atoms with Crippen molar-refractivity contribution in [3.05, 3.63) is 30.3 Å². The summed E-state index contributed by atoms with van der Waals surface area (Å²) in [7, 11) is 4.32. The Kier molecular flexibility index (Phi) is 3.49. The topological polar surface area (TPSA) is 45.4 Å². The Labute approximate surface area is 120 Å². The number of likely N-dealkylation sites (N-methyl/N-ethyl adjacent to an activating group) is 1. The molecule has 4 heteroatoms. The van der Waals surface area contributed by atoms with Gasteiger partial charge in [-0.2, -0.15) is 0 Å². The van der Waals surface area contributed by atoms with E-state index in [2.05, 4.69) is 36.0 Å². The van der Waals surface area contributed by atoms with Gasteiger partial charge >= 0.3 is 0 Å². The summed E-state index contributed by atoms with van der Waals surface area (Å²) in [5.74, 6) is 1.08. The van der Waals surface area contributed by atoms with Crippen LogP contribution in [-0.2, 0) is 0 Å². The van der Waals surface area contributed by atoms with Crippen molar-refractivity contribution in [3.8, 4) is 0 Å². The molecule has 1 fully saturated rings. The van der Waals surface area contributed by atoms with Crippen LogP contribution in [0, 0.1) is 0 Å². The molecule has 1 saturated heterocycles. The van der Waals surface area contributed by atoms with Crippen LogP contribution in [-0.4, -0.2) is 43.1 Å². The van der Waals surface area contributed by atoms with Crippen LogP contribution in [0.4, 0.5) is 11.5 Å². The van der Waals surface area contributed by atoms with E-state index in [1.165, 1.54) is 12.8 Å². The van der Waals surface area contributed by atoms with Gasteiger partial charge in [0.25, 0.3) is 0 Å². The molecule has 1 aliphatic heterocycles. The minimum Gasteiger partial charge on any atom is -0.399 e. The van der Waals surface area contributed by atoms with Crippen LogP contribution in [0.25, 0.3) is 10.9 Å². The van der Waals surface area contributed by atoms with Crippen LogP contribution < -0.4 is 10.6 Å². The molecule has 1 unspecified atom stereocenters. The number of benzene rings is 1. The molecule has 1 atom stereocenters. The lowest BCUT2D eigenvalue weighted by Gasteiger charge is -2.36. The number of nitrogens with zero attached hydrogens (tertiary/aromatic N) is 3. The standard InChI is InChI=1S/C16H22N4/c1-19(2)14-4-3-9-20(11-14)16-8-5-12-10-13(17)6-7-15(12)18-16/h5-8,10,14H,3-4,9,11,17H2,1-2H3. The molecule has 3 rings (SSSR count). The number of aromatic nitrogens is 1. The average molecular weight is 270 g/mol. The van der Waals surface area contributed by atoms with Crippen LogP contribution in [0.15, 0.2) is 30.3 Å². The van der Waals surface area contributed by atoms with Crippen molar-refractivity contribution in [3.63, 3.8) is 0 Å². The zero-order valence-electron chi connectivity index (χ0n) is 12.2. The van der Waals surface area contributed by atoms with E-state index in [9.17, 15) is 0 Å². The molecular weight excluding hydrogens is 248 g/mol. The van der Waals surface area contributed by atoms with Crippen molar-refractivity contribution >= 4 is 22.4 Å². The molecule has 2 heterocycles. The van der Waals surface area contributed by atoms with E-state index in [-0.39, 0.29) is 0 Å². The highest BCUT2D eigenvalue weighted by atomic mass is 15.2.